The van der Waals surface area contributed by atoms with E-state index >= 15 is 0 Å². The molecule has 57 heavy (non-hydrogen) atoms. The first-order valence-corrected chi connectivity index (χ1v) is 29.3. The number of esters is 4. The summed E-state index contributed by atoms with van der Waals surface area (Å²) >= 11 is 5.30. The minimum atomic E-state index is -0.562. The number of carbonyl (C=O) groups excluding carboxylic acids is 4. The molecule has 0 saturated heterocycles. The molecule has 0 bridgehead atoms. The number of hydrogen-bond donors (Lipinski definition) is 2. The molecule has 0 aromatic heterocycles. The van der Waals surface area contributed by atoms with Gasteiger partial charge in [-0.15, -0.1) is 24.0 Å². The van der Waals surface area contributed by atoms with Gasteiger partial charge in [0.2, 0.25) is 0 Å². The van der Waals surface area contributed by atoms with E-state index < -0.39 is 23.9 Å². The fraction of sp³-hybridized carbons (Fsp3) is 0.300. The molecule has 4 aromatic rings. The second kappa shape index (κ2) is 23.9. The van der Waals surface area contributed by atoms with Crippen molar-refractivity contribution in [2.75, 3.05) is 28.4 Å². The van der Waals surface area contributed by atoms with Crippen LogP contribution in [-0.2, 0) is 49.6 Å². The number of hydrogen-bond acceptors (Lipinski definition) is 13. The van der Waals surface area contributed by atoms with E-state index in [2.05, 4.69) is 42.0 Å². The first-order valence-electron chi connectivity index (χ1n) is 16.8. The second-order valence-corrected chi connectivity index (χ2v) is 28.2. The Bertz CT molecular complexity index is 2070. The summed E-state index contributed by atoms with van der Waals surface area (Å²) in [6, 6.07) is 14.4. The van der Waals surface area contributed by atoms with E-state index in [1.165, 1.54) is 41.9 Å². The van der Waals surface area contributed by atoms with E-state index in [9.17, 15) is 29.4 Å². The average molecular weight is 1240 g/mol. The predicted molar refractivity (Wildman–Crippen MR) is 237 cm³/mol. The summed E-state index contributed by atoms with van der Waals surface area (Å²) in [5.74, 6) is 1.42. The number of benzene rings is 4. The van der Waals surface area contributed by atoms with Crippen molar-refractivity contribution in [3.05, 3.63) is 70.8 Å². The molecule has 4 aromatic carbocycles. The van der Waals surface area contributed by atoms with Gasteiger partial charge < -0.3 is 43.4 Å². The van der Waals surface area contributed by atoms with Crippen LogP contribution in [0.3, 0.4) is 0 Å². The number of aryl methyl sites for hydroxylation is 2. The Labute approximate surface area is 378 Å². The molecule has 0 saturated carbocycles. The van der Waals surface area contributed by atoms with Crippen LogP contribution in [0.15, 0.2) is 48.5 Å². The van der Waals surface area contributed by atoms with E-state index in [0.717, 1.165) is 50.9 Å². The zero-order chi connectivity index (χ0) is 41.7. The number of halogens is 4. The van der Waals surface area contributed by atoms with Gasteiger partial charge in [-0.3, -0.25) is 19.2 Å². The molecule has 2 N–H and O–H groups in total. The number of phenolic OH excluding ortho intramolecular Hbond substituents is 2. The molecule has 0 fully saturated rings. The second-order valence-electron chi connectivity index (χ2n) is 11.9. The van der Waals surface area contributed by atoms with Gasteiger partial charge >= 0.3 is 74.4 Å². The first-order chi connectivity index (χ1) is 26.6. The zero-order valence-corrected chi connectivity index (χ0v) is 41.2. The molecule has 2 aliphatic rings. The Balaban J connectivity index is 0.000000320. The fourth-order valence-corrected chi connectivity index (χ4v) is 6.28. The number of methoxy groups -OCH3 is 4. The molecule has 6 rings (SSSR count). The van der Waals surface area contributed by atoms with Gasteiger partial charge in [-0.05, 0) is 84.3 Å². The van der Waals surface area contributed by atoms with Crippen molar-refractivity contribution in [1.29, 1.82) is 0 Å². The summed E-state index contributed by atoms with van der Waals surface area (Å²) in [7, 11) is 6.20. The maximum absolute atomic E-state index is 11.6. The zero-order valence-electron chi connectivity index (χ0n) is 32.4. The van der Waals surface area contributed by atoms with E-state index in [-0.39, 0.29) is 35.5 Å². The molecule has 2 aliphatic carbocycles. The quantitative estimate of drug-likeness (QED) is 0.105. The molecule has 13 nitrogen and oxygen atoms in total. The average Bonchev–Trinajstić information content (AvgIpc) is 3.14. The molecule has 0 atom stereocenters. The topological polar surface area (TPSA) is 173 Å². The van der Waals surface area contributed by atoms with Crippen LogP contribution < -0.4 is 41.7 Å². The van der Waals surface area contributed by atoms with Crippen molar-refractivity contribution < 1.29 is 75.8 Å². The van der Waals surface area contributed by atoms with Gasteiger partial charge in [0.15, 0.2) is 23.0 Å². The molecule has 0 heterocycles. The van der Waals surface area contributed by atoms with Gasteiger partial charge in [0.05, 0.1) is 28.4 Å². The molecular formula is C40H43I4O13-. The third-order valence-electron chi connectivity index (χ3n) is 8.33. The van der Waals surface area contributed by atoms with Gasteiger partial charge in [-0.25, -0.2) is 0 Å². The SMILES string of the molecule is CC(=O)OC(C)=O.COc1cc(O)c2c(c1)CCc1c-2ccc(OC)c1O.COc1cc2c(c(OC(C)=O)c1)-c1ccc(OC)c(OC(C)=O)c1CC2.I.I[I-]I. The van der Waals surface area contributed by atoms with Crippen LogP contribution in [0.1, 0.15) is 49.9 Å². The minimum absolute atomic E-state index is 0. The first kappa shape index (κ1) is 49.8. The molecule has 0 radical (unpaired) electrons. The van der Waals surface area contributed by atoms with Gasteiger partial charge in [0, 0.05) is 62.1 Å². The van der Waals surface area contributed by atoms with Crippen molar-refractivity contribution in [2.24, 2.45) is 0 Å². The number of carbonyl (C=O) groups is 4. The number of ether oxygens (including phenoxy) is 7. The van der Waals surface area contributed by atoms with Crippen LogP contribution >= 0.6 is 61.2 Å². The molecule has 310 valence electrons. The number of rotatable bonds is 6. The Morgan fingerprint density at radius 1 is 0.579 bits per heavy atom. The molecule has 0 unspecified atom stereocenters. The van der Waals surface area contributed by atoms with Gasteiger partial charge in [0.25, 0.3) is 0 Å². The van der Waals surface area contributed by atoms with Crippen LogP contribution in [0.2, 0.25) is 0 Å². The van der Waals surface area contributed by atoms with Crippen LogP contribution in [0.25, 0.3) is 22.3 Å². The van der Waals surface area contributed by atoms with E-state index in [0.29, 0.717) is 67.0 Å². The summed E-state index contributed by atoms with van der Waals surface area (Å²) in [6.45, 7) is 5.07. The standard InChI is InChI=1S/C20H20O6.C16H16O4.C4H6O3.I3.HI/c1-11(21)25-18-10-14(23-3)9-13-5-6-16-15(19(13)18)7-8-17(24-4)20(16)26-12(2)22;1-19-10-7-9-3-4-12-11(15(9)13(17)8-10)5-6-14(20-2)16(12)18;1-3(5)7-4(2)6;1-3-2;/h7-10H,5-6H2,1-4H3;5-8,17-18H,3-4H2,1-2H3;1-2H3;;1H/q;;;-1;. The van der Waals surface area contributed by atoms with E-state index in [1.807, 2.05) is 24.3 Å². The monoisotopic (exact) mass is 1240 g/mol. The summed E-state index contributed by atoms with van der Waals surface area (Å²) < 4.78 is 35.8. The number of fused-ring (bicyclic) bond motifs is 6. The van der Waals surface area contributed by atoms with Crippen molar-refractivity contribution >= 4 is 85.1 Å². The molecule has 0 amide bonds. The Hall–Kier alpha value is -3.32. The third kappa shape index (κ3) is 13.3. The Kier molecular flexibility index (Phi) is 20.9. The van der Waals surface area contributed by atoms with Crippen LogP contribution in [0, 0.1) is 0 Å². The van der Waals surface area contributed by atoms with E-state index in [1.54, 1.807) is 38.5 Å². The van der Waals surface area contributed by atoms with Crippen molar-refractivity contribution in [3.63, 3.8) is 0 Å². The number of aromatic hydroxyl groups is 2. The summed E-state index contributed by atoms with van der Waals surface area (Å²) in [5, 5.41) is 20.5. The van der Waals surface area contributed by atoms with Crippen LogP contribution in [0.4, 0.5) is 0 Å². The molecule has 17 heteroatoms. The van der Waals surface area contributed by atoms with Gasteiger partial charge in [0.1, 0.15) is 23.0 Å². The molecular weight excluding hydrogens is 1200 g/mol. The van der Waals surface area contributed by atoms with Crippen LogP contribution in [-0.4, -0.2) is 62.5 Å². The summed E-state index contributed by atoms with van der Waals surface area (Å²) in [5.41, 5.74) is 6.98. The molecule has 0 spiro atoms. The third-order valence-corrected chi connectivity index (χ3v) is 8.33. The number of phenols is 2. The van der Waals surface area contributed by atoms with Gasteiger partial charge in [-0.1, -0.05) is 0 Å². The predicted octanol–water partition coefficient (Wildman–Crippen LogP) is 5.69. The summed E-state index contributed by atoms with van der Waals surface area (Å²) in [6.07, 6.45) is 2.80. The van der Waals surface area contributed by atoms with Crippen molar-refractivity contribution in [3.8, 4) is 68.2 Å². The fourth-order valence-electron chi connectivity index (χ4n) is 6.28. The van der Waals surface area contributed by atoms with Gasteiger partial charge in [-0.2, -0.15) is 0 Å². The van der Waals surface area contributed by atoms with Crippen molar-refractivity contribution in [2.45, 2.75) is 53.4 Å². The normalized spacial score (nSPS) is 11.1. The Morgan fingerprint density at radius 3 is 1.53 bits per heavy atom. The Morgan fingerprint density at radius 2 is 1.05 bits per heavy atom. The van der Waals surface area contributed by atoms with Crippen LogP contribution in [0.5, 0.6) is 46.0 Å². The molecule has 0 aliphatic heterocycles. The van der Waals surface area contributed by atoms with Crippen molar-refractivity contribution in [1.82, 2.24) is 0 Å². The maximum atomic E-state index is 11.6. The summed E-state index contributed by atoms with van der Waals surface area (Å²) in [4.78, 5) is 42.7. The van der Waals surface area contributed by atoms with E-state index in [4.69, 9.17) is 28.4 Å².